The molecule has 1 aliphatic rings. The lowest BCUT2D eigenvalue weighted by Crippen LogP contribution is -2.40. The number of benzene rings is 3. The maximum atomic E-state index is 14.2. The van der Waals surface area contributed by atoms with Crippen LogP contribution in [0.2, 0.25) is 0 Å². The number of hydrogen-bond donors (Lipinski definition) is 0. The molecule has 0 N–H and O–H groups in total. The molecule has 0 bridgehead atoms. The van der Waals surface area contributed by atoms with Crippen LogP contribution >= 0.6 is 11.3 Å². The minimum atomic E-state index is -4.51. The lowest BCUT2D eigenvalue weighted by atomic mass is 9.93. The van der Waals surface area contributed by atoms with Crippen LogP contribution in [0.5, 0.6) is 11.5 Å². The third-order valence-corrected chi connectivity index (χ3v) is 8.45. The van der Waals surface area contributed by atoms with E-state index < -0.39 is 29.3 Å². The molecule has 3 heterocycles. The van der Waals surface area contributed by atoms with E-state index in [1.807, 2.05) is 30.3 Å². The molecule has 5 aromatic rings. The summed E-state index contributed by atoms with van der Waals surface area (Å²) in [5.74, 6) is 0.669. The molecular weight excluding hydrogens is 633 g/mol. The smallest absolute Gasteiger partial charge is 0.416 e. The van der Waals surface area contributed by atoms with E-state index in [9.17, 15) is 22.8 Å². The minimum absolute atomic E-state index is 0.0974. The number of ether oxygens (including phenoxy) is 3. The molecule has 0 aliphatic carbocycles. The molecule has 0 amide bonds. The number of fused-ring (bicyclic) bond motifs is 1. The van der Waals surface area contributed by atoms with Crippen molar-refractivity contribution in [1.82, 2.24) is 4.57 Å². The van der Waals surface area contributed by atoms with Crippen molar-refractivity contribution in [3.8, 4) is 22.8 Å². The van der Waals surface area contributed by atoms with Gasteiger partial charge in [0.2, 0.25) is 0 Å². The first-order chi connectivity index (χ1) is 22.6. The van der Waals surface area contributed by atoms with Gasteiger partial charge in [0.15, 0.2) is 16.3 Å². The van der Waals surface area contributed by atoms with Crippen molar-refractivity contribution >= 4 is 29.1 Å². The number of esters is 1. The normalized spacial score (nSPS) is 14.9. The van der Waals surface area contributed by atoms with Crippen LogP contribution in [0.3, 0.4) is 0 Å². The summed E-state index contributed by atoms with van der Waals surface area (Å²) in [6.45, 7) is 1.79. The number of carbonyl (C=O) groups is 1. The molecule has 3 aromatic carbocycles. The molecule has 1 unspecified atom stereocenters. The quantitative estimate of drug-likeness (QED) is 0.183. The van der Waals surface area contributed by atoms with Gasteiger partial charge in [-0.25, -0.2) is 9.79 Å². The Kier molecular flexibility index (Phi) is 8.61. The summed E-state index contributed by atoms with van der Waals surface area (Å²) >= 11 is 1.09. The van der Waals surface area contributed by atoms with Crippen LogP contribution < -0.4 is 24.4 Å². The zero-order valence-corrected chi connectivity index (χ0v) is 26.1. The highest BCUT2D eigenvalue weighted by Crippen LogP contribution is 2.38. The SMILES string of the molecule is CCOC(=O)C1=C(c2ccccc2)N=c2sc(=Cc3ccc(-c4cccc(C(F)(F)F)c4)o3)c(=O)n2C1c1ccc(OC)c(OC)c1. The van der Waals surface area contributed by atoms with Crippen molar-refractivity contribution in [1.29, 1.82) is 0 Å². The molecule has 0 saturated heterocycles. The van der Waals surface area contributed by atoms with Crippen LogP contribution in [0, 0.1) is 0 Å². The topological polar surface area (TPSA) is 92.3 Å². The summed E-state index contributed by atoms with van der Waals surface area (Å²) in [6, 6.07) is 21.2. The van der Waals surface area contributed by atoms with Gasteiger partial charge in [0.1, 0.15) is 11.5 Å². The lowest BCUT2D eigenvalue weighted by molar-refractivity contribution is -0.139. The first-order valence-corrected chi connectivity index (χ1v) is 15.2. The van der Waals surface area contributed by atoms with Crippen LogP contribution in [0.4, 0.5) is 13.2 Å². The highest BCUT2D eigenvalue weighted by Gasteiger charge is 2.36. The van der Waals surface area contributed by atoms with E-state index in [1.54, 1.807) is 31.2 Å². The summed E-state index contributed by atoms with van der Waals surface area (Å²) in [4.78, 5) is 33.0. The zero-order valence-electron chi connectivity index (χ0n) is 25.3. The third kappa shape index (κ3) is 6.11. The zero-order chi connectivity index (χ0) is 33.3. The summed E-state index contributed by atoms with van der Waals surface area (Å²) in [5, 5.41) is 0. The Morgan fingerprint density at radius 2 is 1.70 bits per heavy atom. The Bertz CT molecular complexity index is 2180. The second-order valence-corrected chi connectivity index (χ2v) is 11.3. The average Bonchev–Trinajstić information content (AvgIpc) is 3.67. The molecule has 2 aromatic heterocycles. The monoisotopic (exact) mass is 660 g/mol. The number of aromatic nitrogens is 1. The molecule has 0 fully saturated rings. The number of halogens is 3. The van der Waals surface area contributed by atoms with Crippen LogP contribution in [0.15, 0.2) is 105 Å². The summed E-state index contributed by atoms with van der Waals surface area (Å²) in [6.07, 6.45) is -3.01. The van der Waals surface area contributed by atoms with E-state index in [1.165, 1.54) is 43.1 Å². The van der Waals surface area contributed by atoms with Gasteiger partial charge in [-0.05, 0) is 48.9 Å². The van der Waals surface area contributed by atoms with E-state index in [4.69, 9.17) is 23.6 Å². The fraction of sp³-hybridized carbons (Fsp3) is 0.171. The van der Waals surface area contributed by atoms with Gasteiger partial charge in [0.25, 0.3) is 5.56 Å². The number of methoxy groups -OCH3 is 2. The fourth-order valence-electron chi connectivity index (χ4n) is 5.34. The molecule has 1 atom stereocenters. The van der Waals surface area contributed by atoms with Crippen molar-refractivity contribution in [2.24, 2.45) is 4.99 Å². The number of alkyl halides is 3. The van der Waals surface area contributed by atoms with Crippen molar-refractivity contribution in [2.45, 2.75) is 19.1 Å². The molecule has 240 valence electrons. The van der Waals surface area contributed by atoms with Gasteiger partial charge in [-0.2, -0.15) is 13.2 Å². The van der Waals surface area contributed by atoms with E-state index >= 15 is 0 Å². The van der Waals surface area contributed by atoms with Crippen LogP contribution in [-0.2, 0) is 15.7 Å². The largest absolute Gasteiger partial charge is 0.493 e. The van der Waals surface area contributed by atoms with Crippen molar-refractivity contribution in [3.63, 3.8) is 0 Å². The van der Waals surface area contributed by atoms with Gasteiger partial charge in [-0.1, -0.05) is 59.9 Å². The summed E-state index contributed by atoms with van der Waals surface area (Å²) < 4.78 is 63.9. The molecule has 0 spiro atoms. The predicted octanol–water partition coefficient (Wildman–Crippen LogP) is 6.23. The number of hydrogen-bond acceptors (Lipinski definition) is 8. The van der Waals surface area contributed by atoms with Gasteiger partial charge in [-0.3, -0.25) is 9.36 Å². The molecule has 1 aliphatic heterocycles. The predicted molar refractivity (Wildman–Crippen MR) is 170 cm³/mol. The molecular formula is C35H27F3N2O6S. The van der Waals surface area contributed by atoms with E-state index in [0.29, 0.717) is 33.1 Å². The second-order valence-electron chi connectivity index (χ2n) is 10.3. The Hall–Kier alpha value is -5.36. The van der Waals surface area contributed by atoms with Crippen molar-refractivity contribution in [3.05, 3.63) is 133 Å². The first-order valence-electron chi connectivity index (χ1n) is 14.4. The molecule has 47 heavy (non-hydrogen) atoms. The summed E-state index contributed by atoms with van der Waals surface area (Å²) in [5.41, 5.74) is 0.681. The Labute approximate surface area is 270 Å². The highest BCUT2D eigenvalue weighted by molar-refractivity contribution is 7.07. The number of thiazole rings is 1. The number of nitrogens with zero attached hydrogens (tertiary/aromatic N) is 2. The number of rotatable bonds is 8. The average molecular weight is 661 g/mol. The molecule has 0 saturated carbocycles. The van der Waals surface area contributed by atoms with Crippen molar-refractivity contribution in [2.75, 3.05) is 20.8 Å². The lowest BCUT2D eigenvalue weighted by Gasteiger charge is -2.26. The minimum Gasteiger partial charge on any atom is -0.493 e. The van der Waals surface area contributed by atoms with Gasteiger partial charge >= 0.3 is 12.1 Å². The number of carbonyl (C=O) groups excluding carboxylic acids is 1. The van der Waals surface area contributed by atoms with Gasteiger partial charge < -0.3 is 18.6 Å². The molecule has 0 radical (unpaired) electrons. The van der Waals surface area contributed by atoms with E-state index in [2.05, 4.69) is 0 Å². The van der Waals surface area contributed by atoms with Gasteiger partial charge in [-0.15, -0.1) is 0 Å². The van der Waals surface area contributed by atoms with Crippen LogP contribution in [0.1, 0.15) is 35.4 Å². The fourth-order valence-corrected chi connectivity index (χ4v) is 6.32. The Morgan fingerprint density at radius 3 is 2.40 bits per heavy atom. The Morgan fingerprint density at radius 1 is 0.957 bits per heavy atom. The maximum Gasteiger partial charge on any atom is 0.416 e. The van der Waals surface area contributed by atoms with Crippen molar-refractivity contribution < 1.29 is 36.6 Å². The second kappa shape index (κ2) is 12.8. The maximum absolute atomic E-state index is 14.2. The van der Waals surface area contributed by atoms with Crippen LogP contribution in [0.25, 0.3) is 23.1 Å². The molecule has 12 heteroatoms. The van der Waals surface area contributed by atoms with E-state index in [-0.39, 0.29) is 33.8 Å². The van der Waals surface area contributed by atoms with Crippen LogP contribution in [-0.4, -0.2) is 31.4 Å². The summed E-state index contributed by atoms with van der Waals surface area (Å²) in [7, 11) is 2.99. The van der Waals surface area contributed by atoms with Gasteiger partial charge in [0, 0.05) is 17.2 Å². The first kappa shape index (κ1) is 31.6. The third-order valence-electron chi connectivity index (χ3n) is 7.47. The molecule has 8 nitrogen and oxygen atoms in total. The Balaban J connectivity index is 1.55. The number of furan rings is 1. The highest BCUT2D eigenvalue weighted by atomic mass is 32.1. The van der Waals surface area contributed by atoms with E-state index in [0.717, 1.165) is 23.5 Å². The van der Waals surface area contributed by atoms with Gasteiger partial charge in [0.05, 0.1) is 48.2 Å². The molecule has 6 rings (SSSR count). The standard InChI is InChI=1S/C35H27F3N2O6S/c1-4-45-33(42)29-30(20-9-6-5-7-10-20)39-34-40(31(29)22-13-15-26(43-2)27(18-22)44-3)32(41)28(47-34)19-24-14-16-25(46-24)21-11-8-12-23(17-21)35(36,37)38/h5-19,31H,4H2,1-3H3.